The van der Waals surface area contributed by atoms with Crippen molar-refractivity contribution < 1.29 is 4.79 Å². The molecular formula is C14H22N2OS. The minimum absolute atomic E-state index is 0.00596. The average molecular weight is 266 g/mol. The number of rotatable bonds is 4. The van der Waals surface area contributed by atoms with E-state index in [2.05, 4.69) is 23.7 Å². The third-order valence-corrected chi connectivity index (χ3v) is 4.91. The van der Waals surface area contributed by atoms with Gasteiger partial charge in [0, 0.05) is 23.4 Å². The topological polar surface area (TPSA) is 55.1 Å². The van der Waals surface area contributed by atoms with Crippen LogP contribution in [0.2, 0.25) is 0 Å². The highest BCUT2D eigenvalue weighted by Gasteiger charge is 2.43. The average Bonchev–Trinajstić information content (AvgIpc) is 2.91. The molecule has 0 radical (unpaired) electrons. The Bertz CT molecular complexity index is 404. The Morgan fingerprint density at radius 2 is 2.50 bits per heavy atom. The smallest absolute Gasteiger partial charge is 0.227 e. The van der Waals surface area contributed by atoms with Crippen LogP contribution in [0.4, 0.5) is 0 Å². The summed E-state index contributed by atoms with van der Waals surface area (Å²) in [6.07, 6.45) is 3.83. The van der Waals surface area contributed by atoms with E-state index < -0.39 is 0 Å². The van der Waals surface area contributed by atoms with Gasteiger partial charge in [-0.25, -0.2) is 0 Å². The molecule has 1 amide bonds. The summed E-state index contributed by atoms with van der Waals surface area (Å²) in [5.41, 5.74) is 5.70. The largest absolute Gasteiger partial charge is 0.353 e. The van der Waals surface area contributed by atoms with Crippen LogP contribution in [0.15, 0.2) is 17.5 Å². The van der Waals surface area contributed by atoms with Crippen molar-refractivity contribution in [1.82, 2.24) is 5.32 Å². The maximum atomic E-state index is 12.3. The fourth-order valence-electron chi connectivity index (χ4n) is 2.65. The molecule has 3 nitrogen and oxygen atoms in total. The molecule has 3 N–H and O–H groups in total. The molecule has 0 saturated heterocycles. The molecule has 1 aliphatic rings. The molecule has 100 valence electrons. The van der Waals surface area contributed by atoms with Gasteiger partial charge in [0.25, 0.3) is 0 Å². The lowest BCUT2D eigenvalue weighted by Gasteiger charge is -2.29. The van der Waals surface area contributed by atoms with E-state index in [0.29, 0.717) is 0 Å². The Kier molecular flexibility index (Phi) is 4.07. The van der Waals surface area contributed by atoms with E-state index in [0.717, 1.165) is 25.7 Å². The first-order chi connectivity index (χ1) is 8.52. The summed E-state index contributed by atoms with van der Waals surface area (Å²) in [4.78, 5) is 13.6. The first-order valence-corrected chi connectivity index (χ1v) is 7.49. The van der Waals surface area contributed by atoms with Crippen LogP contribution >= 0.6 is 11.3 Å². The van der Waals surface area contributed by atoms with Gasteiger partial charge >= 0.3 is 0 Å². The number of carbonyl (C=O) groups excluding carboxylic acids is 1. The van der Waals surface area contributed by atoms with Crippen molar-refractivity contribution in [2.75, 3.05) is 0 Å². The maximum Gasteiger partial charge on any atom is 0.227 e. The van der Waals surface area contributed by atoms with Crippen LogP contribution in [0.5, 0.6) is 0 Å². The van der Waals surface area contributed by atoms with E-state index in [1.54, 1.807) is 11.3 Å². The summed E-state index contributed by atoms with van der Waals surface area (Å²) in [5.74, 6) is 0.122. The summed E-state index contributed by atoms with van der Waals surface area (Å²) in [7, 11) is 0. The highest BCUT2D eigenvalue weighted by atomic mass is 32.1. The summed E-state index contributed by atoms with van der Waals surface area (Å²) >= 11 is 1.73. The van der Waals surface area contributed by atoms with Gasteiger partial charge in [0.05, 0.1) is 5.41 Å². The SMILES string of the molecule is CC(Cc1cccs1)NC(=O)C1(C)CCCC1N. The minimum Gasteiger partial charge on any atom is -0.353 e. The van der Waals surface area contributed by atoms with Crippen molar-refractivity contribution in [1.29, 1.82) is 0 Å². The Labute approximate surface area is 113 Å². The van der Waals surface area contributed by atoms with E-state index >= 15 is 0 Å². The predicted octanol–water partition coefficient (Wildman–Crippen LogP) is 2.31. The van der Waals surface area contributed by atoms with Crippen LogP contribution in [-0.4, -0.2) is 18.0 Å². The van der Waals surface area contributed by atoms with Crippen LogP contribution in [0.25, 0.3) is 0 Å². The summed E-state index contributed by atoms with van der Waals surface area (Å²) in [5, 5.41) is 5.19. The molecule has 0 bridgehead atoms. The van der Waals surface area contributed by atoms with Crippen LogP contribution < -0.4 is 11.1 Å². The number of thiophene rings is 1. The monoisotopic (exact) mass is 266 g/mol. The first kappa shape index (κ1) is 13.6. The number of nitrogens with two attached hydrogens (primary N) is 1. The second kappa shape index (κ2) is 5.41. The summed E-state index contributed by atoms with van der Waals surface area (Å²) < 4.78 is 0. The molecule has 3 unspecified atom stereocenters. The second-order valence-corrected chi connectivity index (χ2v) is 6.61. The Balaban J connectivity index is 1.91. The molecule has 2 rings (SSSR count). The second-order valence-electron chi connectivity index (χ2n) is 5.57. The number of hydrogen-bond donors (Lipinski definition) is 2. The third-order valence-electron chi connectivity index (χ3n) is 4.01. The first-order valence-electron chi connectivity index (χ1n) is 6.61. The van der Waals surface area contributed by atoms with Gasteiger partial charge in [0.1, 0.15) is 0 Å². The summed E-state index contributed by atoms with van der Waals surface area (Å²) in [6, 6.07) is 4.33. The molecule has 1 saturated carbocycles. The van der Waals surface area contributed by atoms with E-state index in [1.807, 2.05) is 13.0 Å². The fraction of sp³-hybridized carbons (Fsp3) is 0.643. The minimum atomic E-state index is -0.371. The fourth-order valence-corrected chi connectivity index (χ4v) is 3.48. The van der Waals surface area contributed by atoms with Crippen LogP contribution in [-0.2, 0) is 11.2 Å². The van der Waals surface area contributed by atoms with Crippen LogP contribution in [0.1, 0.15) is 38.0 Å². The zero-order valence-corrected chi connectivity index (χ0v) is 11.9. The van der Waals surface area contributed by atoms with Gasteiger partial charge in [-0.2, -0.15) is 0 Å². The highest BCUT2D eigenvalue weighted by molar-refractivity contribution is 7.09. The van der Waals surface area contributed by atoms with Gasteiger partial charge in [-0.05, 0) is 38.1 Å². The van der Waals surface area contributed by atoms with Crippen molar-refractivity contribution in [3.63, 3.8) is 0 Å². The van der Waals surface area contributed by atoms with Crippen molar-refractivity contribution in [2.24, 2.45) is 11.1 Å². The molecule has 1 aliphatic carbocycles. The van der Waals surface area contributed by atoms with Crippen molar-refractivity contribution in [3.8, 4) is 0 Å². The number of hydrogen-bond acceptors (Lipinski definition) is 3. The Hall–Kier alpha value is -0.870. The van der Waals surface area contributed by atoms with Gasteiger partial charge in [-0.15, -0.1) is 11.3 Å². The molecule has 0 aliphatic heterocycles. The van der Waals surface area contributed by atoms with E-state index in [9.17, 15) is 4.79 Å². The van der Waals surface area contributed by atoms with Crippen LogP contribution in [0.3, 0.4) is 0 Å². The zero-order valence-electron chi connectivity index (χ0n) is 11.1. The van der Waals surface area contributed by atoms with Crippen molar-refractivity contribution in [3.05, 3.63) is 22.4 Å². The molecule has 0 spiro atoms. The molecular weight excluding hydrogens is 244 g/mol. The van der Waals surface area contributed by atoms with Gasteiger partial charge in [0.15, 0.2) is 0 Å². The van der Waals surface area contributed by atoms with Gasteiger partial charge in [-0.3, -0.25) is 4.79 Å². The molecule has 1 fully saturated rings. The lowest BCUT2D eigenvalue weighted by Crippen LogP contribution is -2.50. The number of amides is 1. The van der Waals surface area contributed by atoms with E-state index in [1.165, 1.54) is 4.88 Å². The number of nitrogens with one attached hydrogen (secondary N) is 1. The summed E-state index contributed by atoms with van der Waals surface area (Å²) in [6.45, 7) is 4.05. The third kappa shape index (κ3) is 2.75. The van der Waals surface area contributed by atoms with Gasteiger partial charge in [0.2, 0.25) is 5.91 Å². The molecule has 4 heteroatoms. The lowest BCUT2D eigenvalue weighted by molar-refractivity contribution is -0.131. The van der Waals surface area contributed by atoms with E-state index in [4.69, 9.17) is 5.73 Å². The molecule has 3 atom stereocenters. The lowest BCUT2D eigenvalue weighted by atomic mass is 9.84. The zero-order chi connectivity index (χ0) is 13.2. The predicted molar refractivity (Wildman–Crippen MR) is 75.6 cm³/mol. The molecule has 1 aromatic heterocycles. The van der Waals surface area contributed by atoms with Gasteiger partial charge < -0.3 is 11.1 Å². The molecule has 1 heterocycles. The Morgan fingerprint density at radius 3 is 3.06 bits per heavy atom. The molecule has 18 heavy (non-hydrogen) atoms. The molecule has 1 aromatic rings. The van der Waals surface area contributed by atoms with Crippen molar-refractivity contribution in [2.45, 2.75) is 51.6 Å². The Morgan fingerprint density at radius 1 is 1.72 bits per heavy atom. The van der Waals surface area contributed by atoms with Gasteiger partial charge in [-0.1, -0.05) is 12.5 Å². The maximum absolute atomic E-state index is 12.3. The normalized spacial score (nSPS) is 29.2. The standard InChI is InChI=1S/C14H22N2OS/c1-10(9-11-5-4-8-18-11)16-13(17)14(2)7-3-6-12(14)15/h4-5,8,10,12H,3,6-7,9,15H2,1-2H3,(H,16,17). The highest BCUT2D eigenvalue weighted by Crippen LogP contribution is 2.36. The van der Waals surface area contributed by atoms with E-state index in [-0.39, 0.29) is 23.4 Å². The van der Waals surface area contributed by atoms with Crippen molar-refractivity contribution >= 4 is 17.2 Å². The number of carbonyl (C=O) groups is 1. The van der Waals surface area contributed by atoms with Crippen LogP contribution in [0, 0.1) is 5.41 Å². The molecule has 0 aromatic carbocycles. The quantitative estimate of drug-likeness (QED) is 0.878.